The quantitative estimate of drug-likeness (QED) is 0.687. The summed E-state index contributed by atoms with van der Waals surface area (Å²) < 4.78 is 11.7. The minimum Gasteiger partial charge on any atom is -0.496 e. The molecule has 0 radical (unpaired) electrons. The number of aromatic nitrogens is 2. The summed E-state index contributed by atoms with van der Waals surface area (Å²) in [7, 11) is 4.70. The summed E-state index contributed by atoms with van der Waals surface area (Å²) in [5.41, 5.74) is 3.95. The minimum atomic E-state index is -0.431. The standard InChI is InChI=1S/C21H21N3O4/c1-13-5-10-19(27-3)16(11-13)18-12-17(23-24(18)2)20(25)22-15-8-6-14(7-9-15)21(26)28-4/h5-12H,1-4H3,(H,22,25). The van der Waals surface area contributed by atoms with E-state index in [4.69, 9.17) is 4.74 Å². The highest BCUT2D eigenvalue weighted by atomic mass is 16.5. The summed E-state index contributed by atoms with van der Waals surface area (Å²) in [6.45, 7) is 1.99. The maximum Gasteiger partial charge on any atom is 0.337 e. The third-order valence-electron chi connectivity index (χ3n) is 4.31. The second kappa shape index (κ2) is 7.96. The van der Waals surface area contributed by atoms with Gasteiger partial charge in [-0.05, 0) is 49.4 Å². The van der Waals surface area contributed by atoms with Crippen molar-refractivity contribution < 1.29 is 19.1 Å². The van der Waals surface area contributed by atoms with Crippen molar-refractivity contribution in [3.05, 3.63) is 65.4 Å². The molecule has 1 heterocycles. The monoisotopic (exact) mass is 379 g/mol. The van der Waals surface area contributed by atoms with Crippen molar-refractivity contribution in [2.45, 2.75) is 6.92 Å². The van der Waals surface area contributed by atoms with Crippen molar-refractivity contribution in [3.8, 4) is 17.0 Å². The first kappa shape index (κ1) is 19.2. The number of benzene rings is 2. The van der Waals surface area contributed by atoms with Crippen LogP contribution in [0.4, 0.5) is 5.69 Å². The van der Waals surface area contributed by atoms with E-state index in [1.165, 1.54) is 7.11 Å². The van der Waals surface area contributed by atoms with Crippen LogP contribution in [0, 0.1) is 6.92 Å². The first-order valence-electron chi connectivity index (χ1n) is 8.61. The van der Waals surface area contributed by atoms with Gasteiger partial charge < -0.3 is 14.8 Å². The summed E-state index contributed by atoms with van der Waals surface area (Å²) >= 11 is 0. The third-order valence-corrected chi connectivity index (χ3v) is 4.31. The van der Waals surface area contributed by atoms with Gasteiger partial charge in [-0.15, -0.1) is 0 Å². The molecule has 0 aliphatic rings. The predicted octanol–water partition coefficient (Wildman–Crippen LogP) is 3.44. The number of amides is 1. The van der Waals surface area contributed by atoms with E-state index < -0.39 is 5.97 Å². The first-order chi connectivity index (χ1) is 13.4. The summed E-state index contributed by atoms with van der Waals surface area (Å²) in [6, 6.07) is 14.0. The van der Waals surface area contributed by atoms with E-state index in [1.807, 2.05) is 25.1 Å². The normalized spacial score (nSPS) is 10.4. The lowest BCUT2D eigenvalue weighted by molar-refractivity contribution is 0.0600. The Morgan fingerprint density at radius 1 is 1.04 bits per heavy atom. The molecule has 2 aromatic carbocycles. The number of carbonyl (C=O) groups excluding carboxylic acids is 2. The Bertz CT molecular complexity index is 1020. The van der Waals surface area contributed by atoms with Crippen LogP contribution in [0.5, 0.6) is 5.75 Å². The van der Waals surface area contributed by atoms with Crippen LogP contribution >= 0.6 is 0 Å². The molecule has 0 fully saturated rings. The Hall–Kier alpha value is -3.61. The fraction of sp³-hybridized carbons (Fsp3) is 0.190. The van der Waals surface area contributed by atoms with Gasteiger partial charge in [-0.1, -0.05) is 11.6 Å². The van der Waals surface area contributed by atoms with Crippen molar-refractivity contribution in [1.82, 2.24) is 9.78 Å². The van der Waals surface area contributed by atoms with Crippen molar-refractivity contribution in [3.63, 3.8) is 0 Å². The molecule has 1 amide bonds. The number of anilines is 1. The lowest BCUT2D eigenvalue weighted by Crippen LogP contribution is -2.13. The molecule has 7 nitrogen and oxygen atoms in total. The number of nitrogens with zero attached hydrogens (tertiary/aromatic N) is 2. The van der Waals surface area contributed by atoms with E-state index >= 15 is 0 Å². The predicted molar refractivity (Wildman–Crippen MR) is 106 cm³/mol. The number of hydrogen-bond donors (Lipinski definition) is 1. The Labute approximate surface area is 162 Å². The molecule has 0 spiro atoms. The van der Waals surface area contributed by atoms with Crippen LogP contribution in [0.15, 0.2) is 48.5 Å². The average Bonchev–Trinajstić information content (AvgIpc) is 3.09. The van der Waals surface area contributed by atoms with E-state index in [2.05, 4.69) is 15.2 Å². The molecule has 0 saturated carbocycles. The maximum atomic E-state index is 12.6. The number of nitrogens with one attached hydrogen (secondary N) is 1. The zero-order valence-electron chi connectivity index (χ0n) is 16.1. The molecule has 3 rings (SSSR count). The van der Waals surface area contributed by atoms with E-state index in [-0.39, 0.29) is 11.6 Å². The number of methoxy groups -OCH3 is 2. The zero-order chi connectivity index (χ0) is 20.3. The van der Waals surface area contributed by atoms with E-state index in [1.54, 1.807) is 49.2 Å². The third kappa shape index (κ3) is 3.88. The molecule has 0 aliphatic heterocycles. The smallest absolute Gasteiger partial charge is 0.337 e. The Morgan fingerprint density at radius 2 is 1.75 bits per heavy atom. The van der Waals surface area contributed by atoms with Gasteiger partial charge in [0.05, 0.1) is 25.5 Å². The molecule has 144 valence electrons. The average molecular weight is 379 g/mol. The molecule has 0 bridgehead atoms. The van der Waals surface area contributed by atoms with Gasteiger partial charge in [0.25, 0.3) is 5.91 Å². The van der Waals surface area contributed by atoms with E-state index in [9.17, 15) is 9.59 Å². The van der Waals surface area contributed by atoms with Gasteiger partial charge in [-0.2, -0.15) is 5.10 Å². The minimum absolute atomic E-state index is 0.276. The lowest BCUT2D eigenvalue weighted by Gasteiger charge is -2.09. The Morgan fingerprint density at radius 3 is 2.39 bits per heavy atom. The zero-order valence-corrected chi connectivity index (χ0v) is 16.1. The summed E-state index contributed by atoms with van der Waals surface area (Å²) in [6.07, 6.45) is 0. The molecule has 0 unspecified atom stereocenters. The van der Waals surface area contributed by atoms with Gasteiger partial charge in [0.1, 0.15) is 5.75 Å². The molecule has 0 atom stereocenters. The fourth-order valence-corrected chi connectivity index (χ4v) is 2.85. The van der Waals surface area contributed by atoms with E-state index in [0.717, 1.165) is 16.8 Å². The molecular weight excluding hydrogens is 358 g/mol. The first-order valence-corrected chi connectivity index (χ1v) is 8.61. The number of carbonyl (C=O) groups is 2. The van der Waals surface area contributed by atoms with Crippen molar-refractivity contribution >= 4 is 17.6 Å². The SMILES string of the molecule is COC(=O)c1ccc(NC(=O)c2cc(-c3cc(C)ccc3OC)n(C)n2)cc1. The molecule has 7 heteroatoms. The number of esters is 1. The van der Waals surface area contributed by atoms with Crippen LogP contribution in [0.3, 0.4) is 0 Å². The van der Waals surface area contributed by atoms with Gasteiger partial charge in [-0.25, -0.2) is 4.79 Å². The van der Waals surface area contributed by atoms with Gasteiger partial charge >= 0.3 is 5.97 Å². The highest BCUT2D eigenvalue weighted by molar-refractivity contribution is 6.03. The summed E-state index contributed by atoms with van der Waals surface area (Å²) in [5, 5.41) is 7.10. The molecular formula is C21H21N3O4. The molecule has 3 aromatic rings. The van der Waals surface area contributed by atoms with E-state index in [0.29, 0.717) is 17.0 Å². The van der Waals surface area contributed by atoms with Crippen molar-refractivity contribution in [2.24, 2.45) is 7.05 Å². The molecule has 0 aliphatic carbocycles. The Balaban J connectivity index is 1.84. The number of ether oxygens (including phenoxy) is 2. The highest BCUT2D eigenvalue weighted by Crippen LogP contribution is 2.31. The molecule has 1 N–H and O–H groups in total. The van der Waals surface area contributed by atoms with Gasteiger partial charge in [-0.3, -0.25) is 9.48 Å². The molecule has 1 aromatic heterocycles. The maximum absolute atomic E-state index is 12.6. The largest absolute Gasteiger partial charge is 0.496 e. The van der Waals surface area contributed by atoms with Gasteiger partial charge in [0.2, 0.25) is 0 Å². The second-order valence-corrected chi connectivity index (χ2v) is 6.27. The second-order valence-electron chi connectivity index (χ2n) is 6.27. The number of rotatable bonds is 5. The topological polar surface area (TPSA) is 82.5 Å². The van der Waals surface area contributed by atoms with Crippen molar-refractivity contribution in [2.75, 3.05) is 19.5 Å². The molecule has 28 heavy (non-hydrogen) atoms. The number of hydrogen-bond acceptors (Lipinski definition) is 5. The van der Waals surface area contributed by atoms with Gasteiger partial charge in [0, 0.05) is 18.3 Å². The van der Waals surface area contributed by atoms with Gasteiger partial charge in [0.15, 0.2) is 5.69 Å². The lowest BCUT2D eigenvalue weighted by atomic mass is 10.1. The van der Waals surface area contributed by atoms with Crippen LogP contribution < -0.4 is 10.1 Å². The van der Waals surface area contributed by atoms with Crippen LogP contribution in [-0.4, -0.2) is 35.9 Å². The van der Waals surface area contributed by atoms with Crippen LogP contribution in [-0.2, 0) is 11.8 Å². The summed E-state index contributed by atoms with van der Waals surface area (Å²) in [5.74, 6) is -0.0717. The Kier molecular flexibility index (Phi) is 5.44. The van der Waals surface area contributed by atoms with Crippen LogP contribution in [0.1, 0.15) is 26.4 Å². The summed E-state index contributed by atoms with van der Waals surface area (Å²) in [4.78, 5) is 24.1. The number of aryl methyl sites for hydroxylation is 2. The highest BCUT2D eigenvalue weighted by Gasteiger charge is 2.17. The van der Waals surface area contributed by atoms with Crippen LogP contribution in [0.25, 0.3) is 11.3 Å². The fourth-order valence-electron chi connectivity index (χ4n) is 2.85. The molecule has 0 saturated heterocycles. The van der Waals surface area contributed by atoms with Crippen molar-refractivity contribution in [1.29, 1.82) is 0 Å². The van der Waals surface area contributed by atoms with Crippen LogP contribution in [0.2, 0.25) is 0 Å².